The van der Waals surface area contributed by atoms with Crippen LogP contribution in [-0.2, 0) is 11.2 Å². The van der Waals surface area contributed by atoms with Crippen molar-refractivity contribution in [3.63, 3.8) is 0 Å². The Hall–Kier alpha value is -1.18. The molecule has 0 aliphatic heterocycles. The van der Waals surface area contributed by atoms with E-state index in [4.69, 9.17) is 12.2 Å². The molecule has 0 fully saturated rings. The van der Waals surface area contributed by atoms with Crippen LogP contribution in [0.25, 0.3) is 0 Å². The molecule has 0 aliphatic carbocycles. The molecule has 0 spiro atoms. The van der Waals surface area contributed by atoms with Gasteiger partial charge in [-0.25, -0.2) is 4.39 Å². The molecule has 0 saturated heterocycles. The Balaban J connectivity index is 2.74. The van der Waals surface area contributed by atoms with Gasteiger partial charge in [-0.3, -0.25) is 4.79 Å². The van der Waals surface area contributed by atoms with Gasteiger partial charge in [0.15, 0.2) is 5.78 Å². The lowest BCUT2D eigenvalue weighted by molar-refractivity contribution is -0.119. The standard InChI is InChI=1S/C12H11BrFNO/c1-2-3-11(15)12(16)6-8-4-5-9(14)7-10(8)13/h1,4-5,7,11H,3,6,15H2. The molecule has 1 aromatic carbocycles. The third-order valence-electron chi connectivity index (χ3n) is 2.13. The van der Waals surface area contributed by atoms with Crippen molar-refractivity contribution in [2.24, 2.45) is 5.73 Å². The van der Waals surface area contributed by atoms with Crippen LogP contribution >= 0.6 is 15.9 Å². The summed E-state index contributed by atoms with van der Waals surface area (Å²) in [4.78, 5) is 11.6. The second kappa shape index (κ2) is 5.78. The molecule has 0 amide bonds. The first kappa shape index (κ1) is 12.9. The van der Waals surface area contributed by atoms with Crippen LogP contribution < -0.4 is 5.73 Å². The average Bonchev–Trinajstić information content (AvgIpc) is 2.22. The Labute approximate surface area is 102 Å². The van der Waals surface area contributed by atoms with Crippen molar-refractivity contribution in [1.82, 2.24) is 0 Å². The smallest absolute Gasteiger partial charge is 0.154 e. The van der Waals surface area contributed by atoms with Crippen LogP contribution in [0, 0.1) is 18.2 Å². The van der Waals surface area contributed by atoms with E-state index < -0.39 is 6.04 Å². The van der Waals surface area contributed by atoms with Gasteiger partial charge in [0, 0.05) is 17.3 Å². The summed E-state index contributed by atoms with van der Waals surface area (Å²) in [6.07, 6.45) is 5.45. The zero-order chi connectivity index (χ0) is 12.1. The first-order valence-corrected chi connectivity index (χ1v) is 5.49. The second-order valence-corrected chi connectivity index (χ2v) is 4.25. The molecule has 0 saturated carbocycles. The number of ketones is 1. The largest absolute Gasteiger partial charge is 0.321 e. The van der Waals surface area contributed by atoms with Crippen molar-refractivity contribution in [1.29, 1.82) is 0 Å². The van der Waals surface area contributed by atoms with Gasteiger partial charge in [-0.1, -0.05) is 22.0 Å². The number of rotatable bonds is 4. The highest BCUT2D eigenvalue weighted by molar-refractivity contribution is 9.10. The fraction of sp³-hybridized carbons (Fsp3) is 0.250. The van der Waals surface area contributed by atoms with Gasteiger partial charge in [0.25, 0.3) is 0 Å². The van der Waals surface area contributed by atoms with E-state index in [-0.39, 0.29) is 24.4 Å². The number of hydrogen-bond acceptors (Lipinski definition) is 2. The molecule has 0 bridgehead atoms. The number of carbonyl (C=O) groups is 1. The van der Waals surface area contributed by atoms with Gasteiger partial charge in [-0.05, 0) is 17.7 Å². The lowest BCUT2D eigenvalue weighted by atomic mass is 10.0. The fourth-order valence-corrected chi connectivity index (χ4v) is 1.72. The molecule has 1 rings (SSSR count). The summed E-state index contributed by atoms with van der Waals surface area (Å²) in [7, 11) is 0. The first-order chi connectivity index (χ1) is 7.54. The van der Waals surface area contributed by atoms with Gasteiger partial charge in [-0.2, -0.15) is 0 Å². The highest BCUT2D eigenvalue weighted by Crippen LogP contribution is 2.19. The molecular weight excluding hydrogens is 273 g/mol. The zero-order valence-corrected chi connectivity index (χ0v) is 10.1. The molecule has 4 heteroatoms. The maximum Gasteiger partial charge on any atom is 0.154 e. The van der Waals surface area contributed by atoms with E-state index in [0.29, 0.717) is 10.0 Å². The van der Waals surface area contributed by atoms with Crippen LogP contribution in [0.3, 0.4) is 0 Å². The normalized spacial score (nSPS) is 11.9. The summed E-state index contributed by atoms with van der Waals surface area (Å²) >= 11 is 3.19. The Morgan fingerprint density at radius 3 is 2.88 bits per heavy atom. The highest BCUT2D eigenvalue weighted by atomic mass is 79.9. The Morgan fingerprint density at radius 2 is 2.31 bits per heavy atom. The van der Waals surface area contributed by atoms with Crippen LogP contribution in [0.4, 0.5) is 4.39 Å². The second-order valence-electron chi connectivity index (χ2n) is 3.39. The van der Waals surface area contributed by atoms with Gasteiger partial charge in [0.2, 0.25) is 0 Å². The molecule has 2 N–H and O–H groups in total. The molecule has 0 aromatic heterocycles. The lowest BCUT2D eigenvalue weighted by Gasteiger charge is -2.08. The van der Waals surface area contributed by atoms with E-state index >= 15 is 0 Å². The molecule has 1 unspecified atom stereocenters. The molecule has 84 valence electrons. The number of carbonyl (C=O) groups excluding carboxylic acids is 1. The minimum Gasteiger partial charge on any atom is -0.321 e. The predicted molar refractivity (Wildman–Crippen MR) is 64.2 cm³/mol. The molecule has 0 radical (unpaired) electrons. The topological polar surface area (TPSA) is 43.1 Å². The van der Waals surface area contributed by atoms with Crippen molar-refractivity contribution < 1.29 is 9.18 Å². The fourth-order valence-electron chi connectivity index (χ4n) is 1.22. The number of terminal acetylenes is 1. The van der Waals surface area contributed by atoms with E-state index in [0.717, 1.165) is 0 Å². The molecule has 0 aliphatic rings. The Bertz CT molecular complexity index is 439. The first-order valence-electron chi connectivity index (χ1n) is 4.70. The van der Waals surface area contributed by atoms with E-state index in [1.807, 2.05) is 0 Å². The van der Waals surface area contributed by atoms with Gasteiger partial charge in [0.1, 0.15) is 5.82 Å². The summed E-state index contributed by atoms with van der Waals surface area (Å²) in [6.45, 7) is 0. The summed E-state index contributed by atoms with van der Waals surface area (Å²) in [5.74, 6) is 1.84. The van der Waals surface area contributed by atoms with Crippen molar-refractivity contribution in [2.45, 2.75) is 18.9 Å². The van der Waals surface area contributed by atoms with Gasteiger partial charge < -0.3 is 5.73 Å². The molecule has 2 nitrogen and oxygen atoms in total. The lowest BCUT2D eigenvalue weighted by Crippen LogP contribution is -2.31. The van der Waals surface area contributed by atoms with Crippen molar-refractivity contribution >= 4 is 21.7 Å². The Kier molecular flexibility index (Phi) is 4.66. The van der Waals surface area contributed by atoms with E-state index in [1.165, 1.54) is 12.1 Å². The maximum absolute atomic E-state index is 12.8. The number of Topliss-reactive ketones (excluding diaryl/α,β-unsaturated/α-hetero) is 1. The monoisotopic (exact) mass is 283 g/mol. The number of hydrogen-bond donors (Lipinski definition) is 1. The molecule has 0 heterocycles. The van der Waals surface area contributed by atoms with Crippen LogP contribution in [-0.4, -0.2) is 11.8 Å². The van der Waals surface area contributed by atoms with Gasteiger partial charge in [-0.15, -0.1) is 12.3 Å². The minimum absolute atomic E-state index is 0.148. The quantitative estimate of drug-likeness (QED) is 0.860. The van der Waals surface area contributed by atoms with Crippen molar-refractivity contribution in [2.75, 3.05) is 0 Å². The maximum atomic E-state index is 12.8. The minimum atomic E-state index is -0.651. The van der Waals surface area contributed by atoms with E-state index in [1.54, 1.807) is 6.07 Å². The SMILES string of the molecule is C#CCC(N)C(=O)Cc1ccc(F)cc1Br. The summed E-state index contributed by atoms with van der Waals surface area (Å²) in [5.41, 5.74) is 6.28. The number of halogens is 2. The molecular formula is C12H11BrFNO. The number of nitrogens with two attached hydrogens (primary N) is 1. The van der Waals surface area contributed by atoms with Gasteiger partial charge in [0.05, 0.1) is 6.04 Å². The predicted octanol–water partition coefficient (Wildman–Crippen LogP) is 2.05. The molecule has 1 aromatic rings. The van der Waals surface area contributed by atoms with E-state index in [9.17, 15) is 9.18 Å². The van der Waals surface area contributed by atoms with Crippen LogP contribution in [0.2, 0.25) is 0 Å². The van der Waals surface area contributed by atoms with Crippen molar-refractivity contribution in [3.8, 4) is 12.3 Å². The molecule has 16 heavy (non-hydrogen) atoms. The van der Waals surface area contributed by atoms with Gasteiger partial charge >= 0.3 is 0 Å². The third kappa shape index (κ3) is 3.44. The number of benzene rings is 1. The Morgan fingerprint density at radius 1 is 1.62 bits per heavy atom. The molecule has 1 atom stereocenters. The average molecular weight is 284 g/mol. The van der Waals surface area contributed by atoms with Crippen LogP contribution in [0.1, 0.15) is 12.0 Å². The summed E-state index contributed by atoms with van der Waals surface area (Å²) in [5, 5.41) is 0. The van der Waals surface area contributed by atoms with Crippen LogP contribution in [0.15, 0.2) is 22.7 Å². The summed E-state index contributed by atoms with van der Waals surface area (Å²) < 4.78 is 13.4. The third-order valence-corrected chi connectivity index (χ3v) is 2.87. The zero-order valence-electron chi connectivity index (χ0n) is 8.54. The van der Waals surface area contributed by atoms with E-state index in [2.05, 4.69) is 21.9 Å². The van der Waals surface area contributed by atoms with Crippen LogP contribution in [0.5, 0.6) is 0 Å². The summed E-state index contributed by atoms with van der Waals surface area (Å²) in [6, 6.07) is 3.52. The highest BCUT2D eigenvalue weighted by Gasteiger charge is 2.14. The van der Waals surface area contributed by atoms with Crippen molar-refractivity contribution in [3.05, 3.63) is 34.1 Å².